The third-order valence-corrected chi connectivity index (χ3v) is 3.87. The second kappa shape index (κ2) is 6.37. The van der Waals surface area contributed by atoms with Crippen molar-refractivity contribution in [1.29, 1.82) is 0 Å². The van der Waals surface area contributed by atoms with Gasteiger partial charge in [-0.3, -0.25) is 9.69 Å². The Bertz CT molecular complexity index is 632. The Kier molecular flexibility index (Phi) is 4.31. The van der Waals surface area contributed by atoms with Gasteiger partial charge in [-0.05, 0) is 37.2 Å². The van der Waals surface area contributed by atoms with Crippen molar-refractivity contribution < 1.29 is 13.9 Å². The molecule has 1 aliphatic heterocycles. The van der Waals surface area contributed by atoms with Crippen LogP contribution in [0.2, 0.25) is 0 Å². The number of H-pyrrole nitrogens is 1. The number of ether oxygens (including phenoxy) is 1. The zero-order valence-corrected chi connectivity index (χ0v) is 11.9. The van der Waals surface area contributed by atoms with Gasteiger partial charge in [-0.15, -0.1) is 0 Å². The summed E-state index contributed by atoms with van der Waals surface area (Å²) in [5, 5.41) is 0.742. The topological polar surface area (TPSA) is 45.3 Å². The Morgan fingerprint density at radius 2 is 2.10 bits per heavy atom. The average molecular weight is 290 g/mol. The monoisotopic (exact) mass is 290 g/mol. The molecule has 0 aliphatic carbocycles. The zero-order valence-electron chi connectivity index (χ0n) is 11.9. The van der Waals surface area contributed by atoms with Crippen LogP contribution in [0.4, 0.5) is 4.39 Å². The first-order valence-electron chi connectivity index (χ1n) is 7.34. The fraction of sp³-hybridized carbons (Fsp3) is 0.438. The number of hydrogen-bond donors (Lipinski definition) is 1. The molecule has 0 unspecified atom stereocenters. The number of ketones is 1. The number of fused-ring (bicyclic) bond motifs is 1. The lowest BCUT2D eigenvalue weighted by molar-refractivity contribution is 0.0371. The van der Waals surface area contributed by atoms with Gasteiger partial charge in [0, 0.05) is 30.4 Å². The van der Waals surface area contributed by atoms with Crippen LogP contribution in [0.15, 0.2) is 24.3 Å². The molecule has 1 aliphatic rings. The number of morpholine rings is 1. The van der Waals surface area contributed by atoms with E-state index < -0.39 is 0 Å². The summed E-state index contributed by atoms with van der Waals surface area (Å²) in [4.78, 5) is 17.6. The number of carbonyl (C=O) groups excluding carboxylic acids is 1. The summed E-state index contributed by atoms with van der Waals surface area (Å²) >= 11 is 0. The van der Waals surface area contributed by atoms with Crippen LogP contribution in [0, 0.1) is 5.82 Å². The van der Waals surface area contributed by atoms with Crippen molar-refractivity contribution in [1.82, 2.24) is 9.88 Å². The standard InChI is InChI=1S/C16H19FN2O2/c17-13-3-4-14-12(10-13)11-15(18-14)16(20)2-1-5-19-6-8-21-9-7-19/h3-4,10-11,18H,1-2,5-9H2. The summed E-state index contributed by atoms with van der Waals surface area (Å²) in [6.07, 6.45) is 1.34. The highest BCUT2D eigenvalue weighted by Gasteiger charge is 2.13. The Morgan fingerprint density at radius 3 is 2.90 bits per heavy atom. The van der Waals surface area contributed by atoms with Gasteiger partial charge in [0.15, 0.2) is 5.78 Å². The van der Waals surface area contributed by atoms with Gasteiger partial charge in [-0.2, -0.15) is 0 Å². The number of nitrogens with one attached hydrogen (secondary N) is 1. The largest absolute Gasteiger partial charge is 0.379 e. The highest BCUT2D eigenvalue weighted by Crippen LogP contribution is 2.18. The molecule has 0 saturated carbocycles. The smallest absolute Gasteiger partial charge is 0.179 e. The Balaban J connectivity index is 1.56. The van der Waals surface area contributed by atoms with E-state index in [0.29, 0.717) is 12.1 Å². The molecule has 21 heavy (non-hydrogen) atoms. The van der Waals surface area contributed by atoms with Gasteiger partial charge in [-0.1, -0.05) is 0 Å². The minimum absolute atomic E-state index is 0.0832. The summed E-state index contributed by atoms with van der Waals surface area (Å²) in [6.45, 7) is 4.37. The molecule has 0 spiro atoms. The van der Waals surface area contributed by atoms with Crippen molar-refractivity contribution in [2.45, 2.75) is 12.8 Å². The predicted octanol–water partition coefficient (Wildman–Crippen LogP) is 2.60. The van der Waals surface area contributed by atoms with E-state index >= 15 is 0 Å². The maximum Gasteiger partial charge on any atom is 0.179 e. The fourth-order valence-corrected chi connectivity index (χ4v) is 2.68. The van der Waals surface area contributed by atoms with E-state index in [1.54, 1.807) is 12.1 Å². The highest BCUT2D eigenvalue weighted by atomic mass is 19.1. The van der Waals surface area contributed by atoms with Crippen molar-refractivity contribution in [2.24, 2.45) is 0 Å². The minimum Gasteiger partial charge on any atom is -0.379 e. The van der Waals surface area contributed by atoms with Crippen molar-refractivity contribution in [3.8, 4) is 0 Å². The van der Waals surface area contributed by atoms with Crippen molar-refractivity contribution in [3.63, 3.8) is 0 Å². The molecular formula is C16H19FN2O2. The summed E-state index contributed by atoms with van der Waals surface area (Å²) < 4.78 is 18.4. The van der Waals surface area contributed by atoms with Gasteiger partial charge < -0.3 is 9.72 Å². The number of Topliss-reactive ketones (excluding diaryl/α,β-unsaturated/α-hetero) is 1. The first-order chi connectivity index (χ1) is 10.2. The number of halogens is 1. The van der Waals surface area contributed by atoms with Gasteiger partial charge in [0.05, 0.1) is 18.9 Å². The van der Waals surface area contributed by atoms with Crippen LogP contribution in [0.5, 0.6) is 0 Å². The van der Waals surface area contributed by atoms with Crippen LogP contribution < -0.4 is 0 Å². The molecule has 1 aromatic heterocycles. The van der Waals surface area contributed by atoms with E-state index in [2.05, 4.69) is 9.88 Å². The molecule has 5 heteroatoms. The Hall–Kier alpha value is -1.72. The number of benzene rings is 1. The highest BCUT2D eigenvalue weighted by molar-refractivity contribution is 5.99. The molecule has 2 aromatic rings. The van der Waals surface area contributed by atoms with Gasteiger partial charge in [0.2, 0.25) is 0 Å². The van der Waals surface area contributed by atoms with Crippen LogP contribution >= 0.6 is 0 Å². The number of rotatable bonds is 5. The maximum absolute atomic E-state index is 13.1. The number of carbonyl (C=O) groups is 1. The van der Waals surface area contributed by atoms with Crippen molar-refractivity contribution >= 4 is 16.7 Å². The third-order valence-electron chi connectivity index (χ3n) is 3.87. The molecule has 0 bridgehead atoms. The molecule has 1 fully saturated rings. The predicted molar refractivity (Wildman–Crippen MR) is 79.1 cm³/mol. The van der Waals surface area contributed by atoms with E-state index in [9.17, 15) is 9.18 Å². The first-order valence-corrected chi connectivity index (χ1v) is 7.34. The van der Waals surface area contributed by atoms with Crippen LogP contribution in [-0.2, 0) is 4.74 Å². The summed E-state index contributed by atoms with van der Waals surface area (Å²) in [6, 6.07) is 6.23. The van der Waals surface area contributed by atoms with E-state index in [1.807, 2.05) is 0 Å². The lowest BCUT2D eigenvalue weighted by atomic mass is 10.1. The maximum atomic E-state index is 13.1. The second-order valence-electron chi connectivity index (χ2n) is 5.40. The van der Waals surface area contributed by atoms with Gasteiger partial charge in [-0.25, -0.2) is 4.39 Å². The van der Waals surface area contributed by atoms with Gasteiger partial charge in [0.1, 0.15) is 5.82 Å². The SMILES string of the molecule is O=C(CCCN1CCOCC1)c1cc2cc(F)ccc2[nH]1. The number of hydrogen-bond acceptors (Lipinski definition) is 3. The summed E-state index contributed by atoms with van der Waals surface area (Å²) in [7, 11) is 0. The van der Waals surface area contributed by atoms with Gasteiger partial charge >= 0.3 is 0 Å². The van der Waals surface area contributed by atoms with Gasteiger partial charge in [0.25, 0.3) is 0 Å². The van der Waals surface area contributed by atoms with Crippen LogP contribution in [0.3, 0.4) is 0 Å². The Morgan fingerprint density at radius 1 is 1.29 bits per heavy atom. The Labute approximate surface area is 122 Å². The first kappa shape index (κ1) is 14.2. The fourth-order valence-electron chi connectivity index (χ4n) is 2.68. The van der Waals surface area contributed by atoms with Crippen LogP contribution in [0.25, 0.3) is 10.9 Å². The number of aromatic nitrogens is 1. The molecule has 0 radical (unpaired) electrons. The summed E-state index contributed by atoms with van der Waals surface area (Å²) in [5.74, 6) is -0.201. The normalized spacial score (nSPS) is 16.4. The zero-order chi connectivity index (χ0) is 14.7. The van der Waals surface area contributed by atoms with E-state index in [4.69, 9.17) is 4.74 Å². The van der Waals surface area contributed by atoms with Crippen molar-refractivity contribution in [2.75, 3.05) is 32.8 Å². The van der Waals surface area contributed by atoms with Crippen LogP contribution in [-0.4, -0.2) is 48.5 Å². The van der Waals surface area contributed by atoms with E-state index in [-0.39, 0.29) is 11.6 Å². The molecule has 1 N–H and O–H groups in total. The third kappa shape index (κ3) is 3.49. The molecule has 0 atom stereocenters. The lowest BCUT2D eigenvalue weighted by Crippen LogP contribution is -2.36. The average Bonchev–Trinajstić information content (AvgIpc) is 2.91. The molecule has 0 amide bonds. The summed E-state index contributed by atoms with van der Waals surface area (Å²) in [5.41, 5.74) is 1.37. The second-order valence-corrected chi connectivity index (χ2v) is 5.40. The molecule has 3 rings (SSSR count). The number of aromatic amines is 1. The minimum atomic E-state index is -0.284. The molecule has 2 heterocycles. The number of nitrogens with zero attached hydrogens (tertiary/aromatic N) is 1. The van der Waals surface area contributed by atoms with E-state index in [0.717, 1.165) is 50.2 Å². The molecule has 1 saturated heterocycles. The quantitative estimate of drug-likeness (QED) is 0.861. The molecule has 4 nitrogen and oxygen atoms in total. The molecule has 112 valence electrons. The molecular weight excluding hydrogens is 271 g/mol. The van der Waals surface area contributed by atoms with Crippen LogP contribution in [0.1, 0.15) is 23.3 Å². The van der Waals surface area contributed by atoms with E-state index in [1.165, 1.54) is 12.1 Å². The molecule has 1 aromatic carbocycles. The lowest BCUT2D eigenvalue weighted by Gasteiger charge is -2.26. The van der Waals surface area contributed by atoms with Crippen molar-refractivity contribution in [3.05, 3.63) is 35.8 Å².